The standard InChI is InChI=1S/C75H121Cl2F3N12O13/c1-18-45(7)61-70(102)86(13)41-60(95)87(14)54-25-23-22-24-34-91(69(54)101)57(36-47-26-30-49(31-27-47)75(78,79)80)68(100)85(12)40-58(93)81-53(33-29-46-28-32-51(76)52(77)35-46)66(98)92-39-50(105-21-4)37-55(92)64(96)83-74(42-73(8,9)43-74)72(104)90(17)63(48(19-2)20-3)71(103)88(15)56(67(99)84(10)11)38-59(94)89(16)62(44(5)6)65(97)82-61/h22-23,44-57,61-63H,18-21,24-43H2,1-17H3,(H,81,93)(H,82,97)(H,83,96)/b23-22-/t45-,46?,47?,49?,50+,51?,52?,53-,54-,55-,56-,57-,61-,62-,63-/m0/s1. The monoisotopic (exact) mass is 1520 g/mol. The molecule has 3 saturated carbocycles. The zero-order chi connectivity index (χ0) is 78.7. The molecule has 3 unspecified atom stereocenters. The summed E-state index contributed by atoms with van der Waals surface area (Å²) in [6, 6.07) is -10.5. The number of alkyl halides is 5. The fraction of sp³-hybridized carbons (Fsp3) is 0.813. The van der Waals surface area contributed by atoms with E-state index in [4.69, 9.17) is 27.9 Å². The average Bonchev–Trinajstić information content (AvgIpc) is 1.71. The lowest BCUT2D eigenvalue weighted by molar-refractivity contribution is -0.184. The van der Waals surface area contributed by atoms with Crippen molar-refractivity contribution in [2.45, 2.75) is 261 Å². The van der Waals surface area contributed by atoms with Crippen molar-refractivity contribution >= 4 is 94.1 Å². The third-order valence-corrected chi connectivity index (χ3v) is 24.4. The molecule has 0 aromatic rings. The third kappa shape index (κ3) is 21.6. The quantitative estimate of drug-likeness (QED) is 0.122. The zero-order valence-electron chi connectivity index (χ0n) is 65.2. The number of nitrogens with zero attached hydrogens (tertiary/aromatic N) is 9. The highest BCUT2D eigenvalue weighted by Gasteiger charge is 2.59. The summed E-state index contributed by atoms with van der Waals surface area (Å²) in [6.07, 6.45) is 1.15. The van der Waals surface area contributed by atoms with Crippen LogP contribution < -0.4 is 16.0 Å². The maximum absolute atomic E-state index is 15.8. The first-order chi connectivity index (χ1) is 49.1. The first-order valence-electron chi connectivity index (χ1n) is 38.0. The van der Waals surface area contributed by atoms with Crippen LogP contribution in [0.1, 0.15) is 184 Å². The van der Waals surface area contributed by atoms with Gasteiger partial charge in [-0.1, -0.05) is 86.8 Å². The third-order valence-electron chi connectivity index (χ3n) is 23.3. The predicted octanol–water partition coefficient (Wildman–Crippen LogP) is 6.59. The summed E-state index contributed by atoms with van der Waals surface area (Å²) in [4.78, 5) is 193. The number of nitrogens with one attached hydrogen (secondary N) is 3. The van der Waals surface area contributed by atoms with Gasteiger partial charge in [-0.2, -0.15) is 13.2 Å². The fourth-order valence-electron chi connectivity index (χ4n) is 17.0. The summed E-state index contributed by atoms with van der Waals surface area (Å²) in [6.45, 7) is 15.1. The molecule has 3 aliphatic carbocycles. The van der Waals surface area contributed by atoms with Crippen molar-refractivity contribution in [3.05, 3.63) is 12.2 Å². The van der Waals surface area contributed by atoms with Crippen LogP contribution in [0.2, 0.25) is 0 Å². The number of fused-ring (bicyclic) bond motifs is 3. The molecule has 12 amide bonds. The van der Waals surface area contributed by atoms with Gasteiger partial charge in [0.2, 0.25) is 70.9 Å². The highest BCUT2D eigenvalue weighted by atomic mass is 35.5. The molecule has 1 spiro atoms. The Labute approximate surface area is 630 Å². The van der Waals surface area contributed by atoms with Crippen molar-refractivity contribution < 1.29 is 75.4 Å². The molecule has 13 atom stereocenters. The van der Waals surface area contributed by atoms with E-state index in [0.717, 1.165) is 14.7 Å². The Bertz CT molecular complexity index is 3120. The number of amides is 12. The van der Waals surface area contributed by atoms with Crippen molar-refractivity contribution in [3.63, 3.8) is 0 Å². The molecule has 30 heteroatoms. The van der Waals surface area contributed by atoms with Crippen LogP contribution in [0.15, 0.2) is 12.2 Å². The van der Waals surface area contributed by atoms with Gasteiger partial charge in [0.05, 0.1) is 36.9 Å². The van der Waals surface area contributed by atoms with E-state index in [1.165, 1.54) is 85.8 Å². The van der Waals surface area contributed by atoms with Crippen LogP contribution in [0.3, 0.4) is 0 Å². The number of carbonyl (C=O) groups excluding carboxylic acids is 12. The van der Waals surface area contributed by atoms with E-state index >= 15 is 28.8 Å². The highest BCUT2D eigenvalue weighted by molar-refractivity contribution is 6.30. The van der Waals surface area contributed by atoms with E-state index < -0.39 is 192 Å². The highest BCUT2D eigenvalue weighted by Crippen LogP contribution is 2.50. The van der Waals surface area contributed by atoms with Gasteiger partial charge in [-0.05, 0) is 132 Å². The lowest BCUT2D eigenvalue weighted by Gasteiger charge is -2.54. The van der Waals surface area contributed by atoms with E-state index in [1.807, 2.05) is 27.7 Å². The molecule has 3 heterocycles. The SMILES string of the molecule is CCO[C@@H]1C[C@H]2C(=O)NC3(CC(C)(C)C3)C(=O)N(C)[C@@H](C(CC)CC)C(=O)N(C)[C@H](C(=O)N(C)C)CC(=O)N(C)[C@@H](C(C)C)C(=O)N[C@@H]([C@@H](C)CC)C(=O)N(C)CC(=O)N(C)[C@H]3C/C=C\CCN(C3=O)[C@@H](CC3CCC(C(F)(F)F)CC3)C(=O)N(C)CC(=O)N[C@@H](CCC3CCC(Cl)C(Cl)C3)C(=O)N2C1. The lowest BCUT2D eigenvalue weighted by atomic mass is 9.58. The number of halogens is 5. The van der Waals surface area contributed by atoms with Gasteiger partial charge >= 0.3 is 6.18 Å². The zero-order valence-corrected chi connectivity index (χ0v) is 66.7. The van der Waals surface area contributed by atoms with Crippen LogP contribution in [0, 0.1) is 40.9 Å². The Balaban J connectivity index is 1.49. The second kappa shape index (κ2) is 37.7. The number of carbonyl (C=O) groups is 12. The molecular formula is C75H121Cl2F3N12O13. The van der Waals surface area contributed by atoms with Gasteiger partial charge in [-0.15, -0.1) is 23.2 Å². The van der Waals surface area contributed by atoms with Crippen molar-refractivity contribution in [1.82, 2.24) is 60.0 Å². The molecule has 594 valence electrons. The summed E-state index contributed by atoms with van der Waals surface area (Å²) in [5, 5.41) is 8.21. The van der Waals surface area contributed by atoms with Crippen molar-refractivity contribution in [1.29, 1.82) is 0 Å². The topological polar surface area (TPSA) is 279 Å². The first-order valence-corrected chi connectivity index (χ1v) is 38.9. The van der Waals surface area contributed by atoms with Crippen molar-refractivity contribution in [2.75, 3.05) is 89.2 Å². The van der Waals surface area contributed by atoms with Gasteiger partial charge in [0, 0.05) is 87.9 Å². The van der Waals surface area contributed by atoms with Gasteiger partial charge in [0.25, 0.3) is 0 Å². The molecule has 3 N–H and O–H groups in total. The van der Waals surface area contributed by atoms with Gasteiger partial charge in [-0.25, -0.2) is 0 Å². The van der Waals surface area contributed by atoms with Gasteiger partial charge < -0.3 is 64.8 Å². The molecule has 2 bridgehead atoms. The Morgan fingerprint density at radius 2 is 1.28 bits per heavy atom. The molecule has 0 radical (unpaired) electrons. The maximum atomic E-state index is 15.8. The second-order valence-corrected chi connectivity index (χ2v) is 33.3. The minimum atomic E-state index is -4.44. The molecule has 3 aliphatic heterocycles. The first kappa shape index (κ1) is 87.6. The molecule has 5 fully saturated rings. The number of hydrogen-bond acceptors (Lipinski definition) is 13. The molecular weight excluding hydrogens is 1400 g/mol. The van der Waals surface area contributed by atoms with Gasteiger partial charge in [0.1, 0.15) is 53.9 Å². The minimum Gasteiger partial charge on any atom is -0.377 e. The molecule has 0 aromatic heterocycles. The maximum Gasteiger partial charge on any atom is 0.391 e. The normalized spacial score (nSPS) is 31.3. The molecule has 105 heavy (non-hydrogen) atoms. The van der Waals surface area contributed by atoms with E-state index in [9.17, 15) is 41.9 Å². The number of likely N-dealkylation sites (N-methyl/N-ethyl adjacent to an activating group) is 7. The summed E-state index contributed by atoms with van der Waals surface area (Å²) < 4.78 is 48.6. The van der Waals surface area contributed by atoms with Crippen molar-refractivity contribution in [3.8, 4) is 0 Å². The van der Waals surface area contributed by atoms with Crippen LogP contribution in [0.5, 0.6) is 0 Å². The summed E-state index contributed by atoms with van der Waals surface area (Å²) in [5.74, 6) is -12.0. The Morgan fingerprint density at radius 3 is 1.84 bits per heavy atom. The Morgan fingerprint density at radius 1 is 0.657 bits per heavy atom. The average molecular weight is 1530 g/mol. The van der Waals surface area contributed by atoms with Crippen LogP contribution in [0.25, 0.3) is 0 Å². The number of ether oxygens (including phenoxy) is 1. The predicted molar refractivity (Wildman–Crippen MR) is 392 cm³/mol. The van der Waals surface area contributed by atoms with Crippen LogP contribution in [-0.4, -0.2) is 281 Å². The van der Waals surface area contributed by atoms with E-state index in [-0.39, 0.29) is 107 Å². The van der Waals surface area contributed by atoms with Crippen LogP contribution >= 0.6 is 23.2 Å². The van der Waals surface area contributed by atoms with E-state index in [1.54, 1.807) is 46.8 Å². The van der Waals surface area contributed by atoms with Gasteiger partial charge in [-0.3, -0.25) is 57.5 Å². The number of rotatable bonds is 14. The molecule has 2 saturated heterocycles. The smallest absolute Gasteiger partial charge is 0.377 e. The van der Waals surface area contributed by atoms with E-state index in [0.29, 0.717) is 44.9 Å². The van der Waals surface area contributed by atoms with E-state index in [2.05, 4.69) is 16.0 Å². The molecule has 25 nitrogen and oxygen atoms in total. The van der Waals surface area contributed by atoms with Crippen LogP contribution in [-0.2, 0) is 62.3 Å². The largest absolute Gasteiger partial charge is 0.391 e. The second-order valence-electron chi connectivity index (χ2n) is 32.2. The summed E-state index contributed by atoms with van der Waals surface area (Å²) in [7, 11) is 11.3. The summed E-state index contributed by atoms with van der Waals surface area (Å²) in [5.41, 5.74) is -2.16. The van der Waals surface area contributed by atoms with Gasteiger partial charge in [0.15, 0.2) is 0 Å². The number of hydrogen-bond donors (Lipinski definition) is 3. The Hall–Kier alpha value is -6.29. The fourth-order valence-corrected chi connectivity index (χ4v) is 17.6. The van der Waals surface area contributed by atoms with Crippen molar-refractivity contribution in [2.24, 2.45) is 40.9 Å². The molecule has 6 aliphatic rings. The summed E-state index contributed by atoms with van der Waals surface area (Å²) >= 11 is 13.3. The minimum absolute atomic E-state index is 0.0116. The molecule has 6 rings (SSSR count). The van der Waals surface area contributed by atoms with Crippen LogP contribution in [0.4, 0.5) is 13.2 Å². The Kier molecular flexibility index (Phi) is 31.5. The molecule has 0 aromatic carbocycles. The lowest BCUT2D eigenvalue weighted by Crippen LogP contribution is -2.71.